The van der Waals surface area contributed by atoms with Gasteiger partial charge in [-0.2, -0.15) is 5.26 Å². The molecule has 0 aromatic heterocycles. The van der Waals surface area contributed by atoms with Gasteiger partial charge in [0.25, 0.3) is 0 Å². The van der Waals surface area contributed by atoms with Crippen LogP contribution >= 0.6 is 23.5 Å². The molecule has 3 aliphatic rings. The molecule has 7 heteroatoms. The summed E-state index contributed by atoms with van der Waals surface area (Å²) in [6.07, 6.45) is 9.37. The van der Waals surface area contributed by atoms with Gasteiger partial charge in [-0.3, -0.25) is 0 Å². The van der Waals surface area contributed by atoms with E-state index in [0.29, 0.717) is 6.61 Å². The average molecular weight is 642 g/mol. The molecule has 0 amide bonds. The Hall–Kier alpha value is -3.21. The summed E-state index contributed by atoms with van der Waals surface area (Å²) in [6.45, 7) is 0.489. The first-order valence-electron chi connectivity index (χ1n) is 16.2. The number of benzene rings is 3. The van der Waals surface area contributed by atoms with Crippen LogP contribution in [0.3, 0.4) is 0 Å². The van der Waals surface area contributed by atoms with Crippen LogP contribution in [0, 0.1) is 17.2 Å². The second-order valence-electron chi connectivity index (χ2n) is 12.3. The third-order valence-corrected chi connectivity index (χ3v) is 12.1. The summed E-state index contributed by atoms with van der Waals surface area (Å²) in [5.41, 5.74) is 4.28. The highest BCUT2D eigenvalue weighted by Gasteiger charge is 2.42. The molecule has 2 aliphatic carbocycles. The predicted octanol–water partition coefficient (Wildman–Crippen LogP) is 9.49. The summed E-state index contributed by atoms with van der Waals surface area (Å²) < 4.78 is 25.6. The van der Waals surface area contributed by atoms with Gasteiger partial charge < -0.3 is 18.9 Å². The van der Waals surface area contributed by atoms with Gasteiger partial charge in [-0.05, 0) is 122 Å². The zero-order valence-electron chi connectivity index (χ0n) is 26.4. The maximum atomic E-state index is 10.9. The largest absolute Gasteiger partial charge is 0.493 e. The molecule has 3 aromatic rings. The highest BCUT2D eigenvalue weighted by atomic mass is 32.2. The first kappa shape index (κ1) is 31.8. The molecule has 45 heavy (non-hydrogen) atoms. The highest BCUT2D eigenvalue weighted by molar-refractivity contribution is 8.22. The maximum Gasteiger partial charge on any atom is 0.161 e. The van der Waals surface area contributed by atoms with E-state index in [2.05, 4.69) is 42.5 Å². The van der Waals surface area contributed by atoms with Crippen molar-refractivity contribution in [3.63, 3.8) is 0 Å². The Morgan fingerprint density at radius 3 is 2.31 bits per heavy atom. The molecule has 236 valence electrons. The smallest absolute Gasteiger partial charge is 0.161 e. The number of hydrogen-bond donors (Lipinski definition) is 0. The lowest BCUT2D eigenvalue weighted by Gasteiger charge is -2.39. The Labute approximate surface area is 276 Å². The van der Waals surface area contributed by atoms with Gasteiger partial charge in [0, 0.05) is 4.24 Å². The third kappa shape index (κ3) is 7.45. The number of methoxy groups -OCH3 is 2. The van der Waals surface area contributed by atoms with Crippen molar-refractivity contribution in [2.24, 2.45) is 5.92 Å². The van der Waals surface area contributed by atoms with Crippen LogP contribution in [0.4, 0.5) is 0 Å². The van der Waals surface area contributed by atoms with Crippen LogP contribution in [0.25, 0.3) is 0 Å². The number of ether oxygens (including phenoxy) is 4. The Bertz CT molecular complexity index is 1520. The normalized spacial score (nSPS) is 22.1. The molecule has 2 atom stereocenters. The van der Waals surface area contributed by atoms with E-state index in [9.17, 15) is 5.26 Å². The molecule has 1 heterocycles. The van der Waals surface area contributed by atoms with Crippen LogP contribution in [0.2, 0.25) is 0 Å². The monoisotopic (exact) mass is 641 g/mol. The fraction of sp³-hybridized carbons (Fsp3) is 0.447. The van der Waals surface area contributed by atoms with Crippen molar-refractivity contribution < 1.29 is 18.9 Å². The zero-order valence-corrected chi connectivity index (χ0v) is 28.0. The number of nitriles is 1. The molecule has 1 aliphatic heterocycles. The number of allylic oxidation sites excluding steroid dienone is 1. The van der Waals surface area contributed by atoms with Crippen molar-refractivity contribution in [2.45, 2.75) is 75.9 Å². The molecular weight excluding hydrogens is 599 g/mol. The Morgan fingerprint density at radius 2 is 1.58 bits per heavy atom. The quantitative estimate of drug-likeness (QED) is 0.219. The minimum absolute atomic E-state index is 0.220. The van der Waals surface area contributed by atoms with Crippen LogP contribution in [-0.4, -0.2) is 31.8 Å². The van der Waals surface area contributed by atoms with Crippen molar-refractivity contribution in [3.8, 4) is 29.1 Å². The SMILES string of the molecule is COc1cc(CC2CC(C#N)(c3ccc(OC)c(OC4CCCC4)c3)CCC2=C2SCCCS2)ccc1OCc1ccccc1. The summed E-state index contributed by atoms with van der Waals surface area (Å²) in [7, 11) is 3.39. The van der Waals surface area contributed by atoms with Gasteiger partial charge >= 0.3 is 0 Å². The van der Waals surface area contributed by atoms with E-state index >= 15 is 0 Å². The lowest BCUT2D eigenvalue weighted by molar-refractivity contribution is 0.200. The Morgan fingerprint density at radius 1 is 0.822 bits per heavy atom. The van der Waals surface area contributed by atoms with Crippen LogP contribution in [-0.2, 0) is 18.4 Å². The van der Waals surface area contributed by atoms with Gasteiger partial charge in [0.05, 0.1) is 31.8 Å². The van der Waals surface area contributed by atoms with Gasteiger partial charge in [0.1, 0.15) is 6.61 Å². The van der Waals surface area contributed by atoms with Crippen molar-refractivity contribution in [1.29, 1.82) is 5.26 Å². The maximum absolute atomic E-state index is 10.9. The molecular formula is C38H43NO4S2. The minimum atomic E-state index is -0.596. The number of hydrogen-bond acceptors (Lipinski definition) is 7. The number of rotatable bonds is 10. The van der Waals surface area contributed by atoms with E-state index in [1.165, 1.54) is 46.1 Å². The molecule has 1 saturated heterocycles. The third-order valence-electron chi connectivity index (χ3n) is 9.40. The van der Waals surface area contributed by atoms with E-state index < -0.39 is 5.41 Å². The van der Waals surface area contributed by atoms with Crippen LogP contribution < -0.4 is 18.9 Å². The van der Waals surface area contributed by atoms with E-state index in [-0.39, 0.29) is 12.0 Å². The van der Waals surface area contributed by atoms with E-state index in [1.807, 2.05) is 53.9 Å². The fourth-order valence-corrected chi connectivity index (χ4v) is 9.81. The van der Waals surface area contributed by atoms with Gasteiger partial charge in [-0.15, -0.1) is 23.5 Å². The lowest BCUT2D eigenvalue weighted by atomic mass is 9.64. The first-order chi connectivity index (χ1) is 22.1. The van der Waals surface area contributed by atoms with Crippen molar-refractivity contribution in [2.75, 3.05) is 25.7 Å². The van der Waals surface area contributed by atoms with Crippen molar-refractivity contribution >= 4 is 23.5 Å². The molecule has 0 bridgehead atoms. The summed E-state index contributed by atoms with van der Waals surface area (Å²) in [5, 5.41) is 10.9. The minimum Gasteiger partial charge on any atom is -0.493 e. The van der Waals surface area contributed by atoms with Crippen LogP contribution in [0.1, 0.15) is 68.1 Å². The molecule has 3 fully saturated rings. The lowest BCUT2D eigenvalue weighted by Crippen LogP contribution is -2.34. The van der Waals surface area contributed by atoms with Gasteiger partial charge in [-0.25, -0.2) is 0 Å². The molecule has 2 saturated carbocycles. The van der Waals surface area contributed by atoms with Crippen LogP contribution in [0.5, 0.6) is 23.0 Å². The molecule has 3 aromatic carbocycles. The highest BCUT2D eigenvalue weighted by Crippen LogP contribution is 2.51. The summed E-state index contributed by atoms with van der Waals surface area (Å²) >= 11 is 4.01. The predicted molar refractivity (Wildman–Crippen MR) is 185 cm³/mol. The van der Waals surface area contributed by atoms with Gasteiger partial charge in [0.2, 0.25) is 0 Å². The fourth-order valence-electron chi connectivity index (χ4n) is 6.94. The van der Waals surface area contributed by atoms with Gasteiger partial charge in [-0.1, -0.05) is 42.5 Å². The summed E-state index contributed by atoms with van der Waals surface area (Å²) in [6, 6.07) is 25.5. The zero-order chi connectivity index (χ0) is 31.1. The van der Waals surface area contributed by atoms with Crippen molar-refractivity contribution in [3.05, 3.63) is 93.2 Å². The average Bonchev–Trinajstić information content (AvgIpc) is 3.61. The number of thioether (sulfide) groups is 2. The molecule has 2 unspecified atom stereocenters. The van der Waals surface area contributed by atoms with Crippen molar-refractivity contribution in [1.82, 2.24) is 0 Å². The van der Waals surface area contributed by atoms with E-state index in [0.717, 1.165) is 72.6 Å². The second-order valence-corrected chi connectivity index (χ2v) is 14.8. The molecule has 0 radical (unpaired) electrons. The molecule has 5 nitrogen and oxygen atoms in total. The Kier molecular flexibility index (Phi) is 10.5. The topological polar surface area (TPSA) is 60.7 Å². The number of nitrogens with zero attached hydrogens (tertiary/aromatic N) is 1. The van der Waals surface area contributed by atoms with E-state index in [4.69, 9.17) is 18.9 Å². The van der Waals surface area contributed by atoms with Gasteiger partial charge in [0.15, 0.2) is 23.0 Å². The molecule has 0 N–H and O–H groups in total. The van der Waals surface area contributed by atoms with E-state index in [1.54, 1.807) is 14.2 Å². The first-order valence-corrected chi connectivity index (χ1v) is 18.2. The Balaban J connectivity index is 1.28. The molecule has 0 spiro atoms. The van der Waals surface area contributed by atoms with Crippen LogP contribution in [0.15, 0.2) is 76.5 Å². The second kappa shape index (κ2) is 14.9. The standard InChI is InChI=1S/C38H43NO4S2/c1-40-33-16-14-30(23-36(33)43-31-11-6-7-12-31)38(26-39)18-17-32(37-44-19-8-20-45-37)29(24-38)21-28-13-15-34(35(22-28)41-2)42-25-27-9-4-3-5-10-27/h3-5,9-10,13-16,22-23,29,31H,6-8,11-12,17-21,24-25H2,1-2H3. The summed E-state index contributed by atoms with van der Waals surface area (Å²) in [5.74, 6) is 5.58. The summed E-state index contributed by atoms with van der Waals surface area (Å²) in [4.78, 5) is 0. The molecule has 6 rings (SSSR count).